The average Bonchev–Trinajstić information content (AvgIpc) is 3.09. The number of phenolic OH excluding ortho intramolecular Hbond substituents is 4. The van der Waals surface area contributed by atoms with E-state index < -0.39 is 26.5 Å². The van der Waals surface area contributed by atoms with E-state index in [-0.39, 0.29) is 73.8 Å². The van der Waals surface area contributed by atoms with E-state index in [1.54, 1.807) is 0 Å². The predicted molar refractivity (Wildman–Crippen MR) is 219 cm³/mol. The van der Waals surface area contributed by atoms with Gasteiger partial charge in [-0.1, -0.05) is 12.1 Å². The summed E-state index contributed by atoms with van der Waals surface area (Å²) in [7, 11) is 0. The Labute approximate surface area is 325 Å². The number of benzene rings is 4. The Balaban J connectivity index is 1.48. The summed E-state index contributed by atoms with van der Waals surface area (Å²) in [4.78, 5) is 25.0. The molecule has 0 aromatic heterocycles. The van der Waals surface area contributed by atoms with E-state index in [1.807, 2.05) is 60.7 Å². The van der Waals surface area contributed by atoms with Gasteiger partial charge in [-0.2, -0.15) is 0 Å². The molecule has 54 heavy (non-hydrogen) atoms. The summed E-state index contributed by atoms with van der Waals surface area (Å²) in [6.07, 6.45) is 2.70. The molecule has 4 N–H and O–H groups in total. The van der Waals surface area contributed by atoms with Crippen LogP contribution in [-0.4, -0.2) is 72.1 Å². The van der Waals surface area contributed by atoms with Gasteiger partial charge in [-0.3, -0.25) is 0 Å². The number of esters is 2. The van der Waals surface area contributed by atoms with Gasteiger partial charge in [0.15, 0.2) is 0 Å². The first-order valence-corrected chi connectivity index (χ1v) is 34.6. The summed E-state index contributed by atoms with van der Waals surface area (Å²) in [5.74, 6) is 13.6. The number of carbonyl (C=O) groups is 2. The monoisotopic (exact) mass is 860 g/mol. The predicted octanol–water partition coefficient (Wildman–Crippen LogP) is 8.81. The third kappa shape index (κ3) is 11.6. The molecule has 8 nitrogen and oxygen atoms in total. The molecule has 1 aliphatic rings. The zero-order valence-electron chi connectivity index (χ0n) is 32.7. The standard InChI is InChI=1S/C44H56Ge2O8/c1-45(2,3)17-13-39(47)53-19-15-29-21-35-25-31-9-7-11-33(41(31)49)27-37-23-30(16-20-54-40(48)14-18-46(4,5)6)24-38(44(37)52)28-34-12-8-10-32(42(34)50)26-36(22-29)43(35)51/h7-12,21-24,49-52H,13-20,25-28H2,1-6H3. The van der Waals surface area contributed by atoms with Gasteiger partial charge in [0.05, 0.1) is 0 Å². The number of aromatic hydroxyl groups is 4. The summed E-state index contributed by atoms with van der Waals surface area (Å²) >= 11 is -3.73. The number of phenols is 4. The van der Waals surface area contributed by atoms with Gasteiger partial charge < -0.3 is 10.2 Å². The number of fused-ring (bicyclic) bond motifs is 8. The van der Waals surface area contributed by atoms with Gasteiger partial charge in [-0.05, 0) is 0 Å². The van der Waals surface area contributed by atoms with Gasteiger partial charge in [0, 0.05) is 0 Å². The van der Waals surface area contributed by atoms with Crippen LogP contribution in [0.5, 0.6) is 23.0 Å². The van der Waals surface area contributed by atoms with Crippen molar-refractivity contribution in [3.8, 4) is 23.0 Å². The maximum atomic E-state index is 12.5. The van der Waals surface area contributed by atoms with E-state index in [4.69, 9.17) is 9.47 Å². The van der Waals surface area contributed by atoms with E-state index in [0.29, 0.717) is 70.2 Å². The first kappa shape index (κ1) is 41.3. The normalized spacial score (nSPS) is 13.0. The van der Waals surface area contributed by atoms with Gasteiger partial charge in [-0.25, -0.2) is 0 Å². The second kappa shape index (κ2) is 17.7. The Morgan fingerprint density at radius 1 is 0.500 bits per heavy atom. The van der Waals surface area contributed by atoms with Crippen LogP contribution in [0, 0.1) is 0 Å². The number of para-hydroxylation sites is 2. The molecular formula is C44H56Ge2O8. The van der Waals surface area contributed by atoms with Crippen LogP contribution in [0.2, 0.25) is 45.0 Å². The van der Waals surface area contributed by atoms with Gasteiger partial charge in [0.2, 0.25) is 0 Å². The molecule has 4 aromatic rings. The van der Waals surface area contributed by atoms with Gasteiger partial charge in [0.1, 0.15) is 0 Å². The van der Waals surface area contributed by atoms with E-state index in [0.717, 1.165) is 21.6 Å². The number of rotatable bonds is 12. The molecule has 0 atom stereocenters. The van der Waals surface area contributed by atoms with Crippen molar-refractivity contribution in [2.45, 2.75) is 96.4 Å². The van der Waals surface area contributed by atoms with Crippen LogP contribution < -0.4 is 0 Å². The molecule has 8 bridgehead atoms. The molecule has 0 fully saturated rings. The summed E-state index contributed by atoms with van der Waals surface area (Å²) in [6, 6.07) is 18.6. The average molecular weight is 858 g/mol. The molecule has 4 aromatic carbocycles. The SMILES string of the molecule is [CH3][Ge]([CH3])([CH3])[CH2]CC(=O)OCCc1cc2c(O)c(c1)Cc1cccc(c1O)Cc1cc(CCOC(=O)C[CH2][Ge]([CH3])([CH3])[CH3])cc(c1O)Cc1cccc(c1O)C2. The first-order valence-electron chi connectivity index (χ1n) is 19.0. The van der Waals surface area contributed by atoms with Gasteiger partial charge >= 0.3 is 305 Å². The maximum absolute atomic E-state index is 12.5. The Morgan fingerprint density at radius 3 is 1.06 bits per heavy atom. The molecule has 10 heteroatoms. The zero-order chi connectivity index (χ0) is 39.2. The molecule has 0 spiro atoms. The minimum atomic E-state index is -1.86. The van der Waals surface area contributed by atoms with Crippen LogP contribution in [0.25, 0.3) is 0 Å². The van der Waals surface area contributed by atoms with Crippen molar-refractivity contribution in [2.75, 3.05) is 13.2 Å². The van der Waals surface area contributed by atoms with Crippen molar-refractivity contribution in [1.29, 1.82) is 0 Å². The summed E-state index contributed by atoms with van der Waals surface area (Å²) < 4.78 is 11.2. The third-order valence-corrected chi connectivity index (χ3v) is 17.4. The molecular weight excluding hydrogens is 802 g/mol. The Kier molecular flexibility index (Phi) is 13.5. The summed E-state index contributed by atoms with van der Waals surface area (Å²) in [6.45, 7) is 0.428. The van der Waals surface area contributed by atoms with E-state index >= 15 is 0 Å². The van der Waals surface area contributed by atoms with Crippen LogP contribution in [0.1, 0.15) is 68.5 Å². The fraction of sp³-hybridized carbons (Fsp3) is 0.409. The third-order valence-electron chi connectivity index (χ3n) is 10.1. The second-order valence-electron chi connectivity index (χ2n) is 17.1. The Hall–Kier alpha value is -3.89. The molecule has 5 rings (SSSR count). The summed E-state index contributed by atoms with van der Waals surface area (Å²) in [5, 5.41) is 48.3. The van der Waals surface area contributed by atoms with Gasteiger partial charge in [0.25, 0.3) is 0 Å². The Bertz CT molecular complexity index is 1760. The van der Waals surface area contributed by atoms with Gasteiger partial charge in [-0.15, -0.1) is 0 Å². The van der Waals surface area contributed by atoms with E-state index in [2.05, 4.69) is 34.5 Å². The first-order chi connectivity index (χ1) is 25.5. The van der Waals surface area contributed by atoms with Crippen molar-refractivity contribution < 1.29 is 39.5 Å². The fourth-order valence-corrected chi connectivity index (χ4v) is 10.8. The number of carbonyl (C=O) groups excluding carboxylic acids is 2. The van der Waals surface area contributed by atoms with Crippen molar-refractivity contribution >= 4 is 38.5 Å². The second-order valence-corrected chi connectivity index (χ2v) is 40.7. The van der Waals surface area contributed by atoms with Crippen LogP contribution in [-0.2, 0) is 57.6 Å². The molecule has 1 aliphatic carbocycles. The molecule has 0 saturated carbocycles. The quantitative estimate of drug-likeness (QED) is 0.0723. The molecule has 0 aliphatic heterocycles. The molecule has 0 saturated heterocycles. The molecule has 0 amide bonds. The topological polar surface area (TPSA) is 134 Å². The molecule has 0 radical (unpaired) electrons. The van der Waals surface area contributed by atoms with Crippen molar-refractivity contribution in [3.05, 3.63) is 116 Å². The number of ether oxygens (including phenoxy) is 2. The number of hydrogen-bond acceptors (Lipinski definition) is 8. The van der Waals surface area contributed by atoms with Crippen molar-refractivity contribution in [3.63, 3.8) is 0 Å². The molecule has 0 unspecified atom stereocenters. The van der Waals surface area contributed by atoms with Crippen molar-refractivity contribution in [1.82, 2.24) is 0 Å². The van der Waals surface area contributed by atoms with Crippen LogP contribution in [0.4, 0.5) is 0 Å². The van der Waals surface area contributed by atoms with Crippen LogP contribution >= 0.6 is 0 Å². The van der Waals surface area contributed by atoms with E-state index in [1.165, 1.54) is 0 Å². The minimum absolute atomic E-state index is 0.0836. The van der Waals surface area contributed by atoms with Crippen molar-refractivity contribution in [2.24, 2.45) is 0 Å². The molecule has 288 valence electrons. The number of hydrogen-bond donors (Lipinski definition) is 4. The molecule has 0 heterocycles. The fourth-order valence-electron chi connectivity index (χ4n) is 6.84. The van der Waals surface area contributed by atoms with Crippen LogP contribution in [0.15, 0.2) is 60.7 Å². The van der Waals surface area contributed by atoms with Crippen LogP contribution in [0.3, 0.4) is 0 Å². The Morgan fingerprint density at radius 2 is 0.778 bits per heavy atom. The van der Waals surface area contributed by atoms with E-state index in [9.17, 15) is 30.0 Å². The summed E-state index contributed by atoms with van der Waals surface area (Å²) in [5.41, 5.74) is 6.65. The zero-order valence-corrected chi connectivity index (χ0v) is 36.9.